The van der Waals surface area contributed by atoms with E-state index in [0.29, 0.717) is 52.9 Å². The van der Waals surface area contributed by atoms with E-state index in [1.807, 2.05) is 0 Å². The number of rotatable bonds is 3. The maximum Gasteiger partial charge on any atom is 0.0701 e. The Morgan fingerprint density at radius 3 is 1.43 bits per heavy atom. The Morgan fingerprint density at radius 2 is 1.00 bits per heavy atom. The smallest absolute Gasteiger partial charge is 0.0701 e. The molecule has 204 valence electrons. The summed E-state index contributed by atoms with van der Waals surface area (Å²) in [5, 5.41) is 0. The van der Waals surface area contributed by atoms with Crippen LogP contribution in [0.2, 0.25) is 0 Å². The van der Waals surface area contributed by atoms with Crippen molar-refractivity contribution in [2.45, 2.75) is 52.4 Å². The zero-order valence-corrected chi connectivity index (χ0v) is 23.7. The number of benzene rings is 1. The lowest BCUT2D eigenvalue weighted by Crippen LogP contribution is -2.31. The molecule has 1 aromatic carbocycles. The molecule has 1 aromatic heterocycles. The van der Waals surface area contributed by atoms with Gasteiger partial charge in [0.2, 0.25) is 0 Å². The second-order valence-corrected chi connectivity index (χ2v) is 11.5. The number of hydrogen-bond acceptors (Lipinski definition) is 6. The maximum absolute atomic E-state index is 5.78. The Bertz CT molecular complexity index is 926. The first-order chi connectivity index (χ1) is 17.6. The molecule has 0 unspecified atom stereocenters. The lowest BCUT2D eigenvalue weighted by Gasteiger charge is -2.25. The van der Waals surface area contributed by atoms with E-state index in [1.54, 1.807) is 0 Å². The largest absolute Gasteiger partial charge is 0.377 e. The van der Waals surface area contributed by atoms with E-state index in [1.165, 1.54) is 5.56 Å². The summed E-state index contributed by atoms with van der Waals surface area (Å²) in [5.74, 6) is 0. The van der Waals surface area contributed by atoms with Gasteiger partial charge in [0.05, 0.1) is 52.9 Å². The topological polar surface area (TPSA) is 53.1 Å². The molecule has 0 spiro atoms. The van der Waals surface area contributed by atoms with E-state index in [2.05, 4.69) is 95.0 Å². The van der Waals surface area contributed by atoms with Gasteiger partial charge in [-0.2, -0.15) is 0 Å². The second kappa shape index (κ2) is 14.1. The highest BCUT2D eigenvalue weighted by molar-refractivity contribution is 5.71. The quantitative estimate of drug-likeness (QED) is 0.525. The molecule has 0 aliphatic carbocycles. The molecule has 0 saturated carbocycles. The average Bonchev–Trinajstić information content (AvgIpc) is 2.86. The van der Waals surface area contributed by atoms with Crippen LogP contribution in [-0.2, 0) is 29.8 Å². The van der Waals surface area contributed by atoms with E-state index < -0.39 is 0 Å². The van der Waals surface area contributed by atoms with Crippen molar-refractivity contribution in [3.05, 3.63) is 58.9 Å². The predicted molar refractivity (Wildman–Crippen MR) is 152 cm³/mol. The Labute approximate surface area is 224 Å². The molecule has 1 aliphatic heterocycles. The molecular formula is C31H46N2O4. The fourth-order valence-corrected chi connectivity index (χ4v) is 3.89. The molecule has 6 nitrogen and oxygen atoms in total. The molecular weight excluding hydrogens is 464 g/mol. The third-order valence-corrected chi connectivity index (χ3v) is 6.24. The fraction of sp³-hybridized carbons (Fsp3) is 0.581. The minimum atomic E-state index is -0.00137. The fourth-order valence-electron chi connectivity index (χ4n) is 3.89. The van der Waals surface area contributed by atoms with Crippen molar-refractivity contribution >= 4 is 17.8 Å². The normalized spacial score (nSPS) is 17.9. The highest BCUT2D eigenvalue weighted by Crippen LogP contribution is 2.28. The van der Waals surface area contributed by atoms with Crippen molar-refractivity contribution in [3.63, 3.8) is 0 Å². The summed E-state index contributed by atoms with van der Waals surface area (Å²) in [7, 11) is 0. The van der Waals surface area contributed by atoms with Gasteiger partial charge in [0.15, 0.2) is 0 Å². The van der Waals surface area contributed by atoms with Gasteiger partial charge in [-0.25, -0.2) is 0 Å². The molecule has 2 aromatic rings. The van der Waals surface area contributed by atoms with E-state index >= 15 is 0 Å². The molecule has 3 rings (SSSR count). The molecule has 0 atom stereocenters. The first kappa shape index (κ1) is 29.3. The highest BCUT2D eigenvalue weighted by atomic mass is 16.6. The van der Waals surface area contributed by atoms with Crippen molar-refractivity contribution < 1.29 is 18.9 Å². The minimum absolute atomic E-state index is 0.00137. The Balaban J connectivity index is 1.70. The van der Waals surface area contributed by atoms with Gasteiger partial charge in [0, 0.05) is 41.0 Å². The van der Waals surface area contributed by atoms with Gasteiger partial charge in [-0.05, 0) is 35.4 Å². The summed E-state index contributed by atoms with van der Waals surface area (Å²) in [4.78, 5) is 7.28. The van der Waals surface area contributed by atoms with Crippen LogP contribution in [0.25, 0.3) is 12.2 Å². The van der Waals surface area contributed by atoms with Crippen LogP contribution < -0.4 is 4.90 Å². The van der Waals surface area contributed by atoms with Crippen LogP contribution in [0, 0.1) is 0 Å². The van der Waals surface area contributed by atoms with Crippen molar-refractivity contribution in [2.24, 2.45) is 0 Å². The van der Waals surface area contributed by atoms with Crippen molar-refractivity contribution in [1.29, 1.82) is 0 Å². The molecule has 1 aliphatic rings. The lowest BCUT2D eigenvalue weighted by atomic mass is 9.86. The Kier molecular flexibility index (Phi) is 11.1. The number of hydrogen-bond donors (Lipinski definition) is 0. The van der Waals surface area contributed by atoms with Crippen molar-refractivity contribution in [3.8, 4) is 0 Å². The van der Waals surface area contributed by atoms with Gasteiger partial charge < -0.3 is 23.8 Å². The Morgan fingerprint density at radius 1 is 0.595 bits per heavy atom. The van der Waals surface area contributed by atoms with Crippen LogP contribution in [0.5, 0.6) is 0 Å². The molecule has 37 heavy (non-hydrogen) atoms. The van der Waals surface area contributed by atoms with Gasteiger partial charge in [-0.15, -0.1) is 0 Å². The zero-order valence-electron chi connectivity index (χ0n) is 23.7. The molecule has 0 N–H and O–H groups in total. The van der Waals surface area contributed by atoms with Crippen LogP contribution in [0.1, 0.15) is 64.1 Å². The molecule has 0 radical (unpaired) electrons. The van der Waals surface area contributed by atoms with E-state index in [0.717, 1.165) is 35.7 Å². The first-order valence-electron chi connectivity index (χ1n) is 13.5. The summed E-state index contributed by atoms with van der Waals surface area (Å²) in [5.41, 5.74) is 5.74. The van der Waals surface area contributed by atoms with Crippen LogP contribution in [-0.4, -0.2) is 70.9 Å². The molecule has 1 saturated heterocycles. The Hall–Kier alpha value is -2.25. The van der Waals surface area contributed by atoms with Gasteiger partial charge in [-0.1, -0.05) is 65.8 Å². The SMILES string of the molecule is CC(C)(C)c1cc(/C=C/c2ccc(N3CCOCCOCCOCCOCC3)cc2)cc(C(C)(C)C)n1. The number of ether oxygens (including phenoxy) is 4. The molecule has 0 amide bonds. The molecule has 2 heterocycles. The van der Waals surface area contributed by atoms with Crippen LogP contribution in [0.3, 0.4) is 0 Å². The summed E-state index contributed by atoms with van der Waals surface area (Å²) in [6.07, 6.45) is 4.37. The van der Waals surface area contributed by atoms with E-state index in [4.69, 9.17) is 23.9 Å². The van der Waals surface area contributed by atoms with Gasteiger partial charge >= 0.3 is 0 Å². The highest BCUT2D eigenvalue weighted by Gasteiger charge is 2.21. The van der Waals surface area contributed by atoms with Crippen molar-refractivity contribution in [1.82, 2.24) is 4.98 Å². The van der Waals surface area contributed by atoms with Crippen LogP contribution in [0.15, 0.2) is 36.4 Å². The standard InChI is InChI=1S/C31H46N2O4/c1-30(2,3)28-23-26(24-29(32-28)31(4,5)6)8-7-25-9-11-27(12-10-25)33-13-15-34-17-19-36-21-22-37-20-18-35-16-14-33/h7-12,23-24H,13-22H2,1-6H3/b8-7+. The minimum Gasteiger partial charge on any atom is -0.377 e. The monoisotopic (exact) mass is 510 g/mol. The van der Waals surface area contributed by atoms with Crippen LogP contribution in [0.4, 0.5) is 5.69 Å². The summed E-state index contributed by atoms with van der Waals surface area (Å²) >= 11 is 0. The number of anilines is 1. The summed E-state index contributed by atoms with van der Waals surface area (Å²) in [6.45, 7) is 19.7. The van der Waals surface area contributed by atoms with E-state index in [9.17, 15) is 0 Å². The van der Waals surface area contributed by atoms with Gasteiger partial charge in [0.1, 0.15) is 0 Å². The third kappa shape index (κ3) is 10.2. The van der Waals surface area contributed by atoms with Gasteiger partial charge in [0.25, 0.3) is 0 Å². The third-order valence-electron chi connectivity index (χ3n) is 6.24. The maximum atomic E-state index is 5.78. The second-order valence-electron chi connectivity index (χ2n) is 11.5. The molecule has 6 heteroatoms. The predicted octanol–water partition coefficient (Wildman–Crippen LogP) is 5.73. The van der Waals surface area contributed by atoms with Gasteiger partial charge in [-0.3, -0.25) is 4.98 Å². The van der Waals surface area contributed by atoms with Crippen molar-refractivity contribution in [2.75, 3.05) is 70.8 Å². The van der Waals surface area contributed by atoms with Crippen LogP contribution >= 0.6 is 0 Å². The number of pyridine rings is 1. The molecule has 0 bridgehead atoms. The zero-order chi connectivity index (χ0) is 26.7. The first-order valence-corrected chi connectivity index (χ1v) is 13.5. The van der Waals surface area contributed by atoms with E-state index in [-0.39, 0.29) is 10.8 Å². The average molecular weight is 511 g/mol. The number of aromatic nitrogens is 1. The summed E-state index contributed by atoms with van der Waals surface area (Å²) in [6, 6.07) is 13.1. The number of nitrogens with zero attached hydrogens (tertiary/aromatic N) is 2. The lowest BCUT2D eigenvalue weighted by molar-refractivity contribution is 0.00206. The molecule has 1 fully saturated rings. The summed E-state index contributed by atoms with van der Waals surface area (Å²) < 4.78 is 22.6.